The minimum Gasteiger partial charge on any atom is -0.326 e. The van der Waals surface area contributed by atoms with E-state index >= 15 is 0 Å². The second kappa shape index (κ2) is 9.15. The number of nitrogens with zero attached hydrogens (tertiary/aromatic N) is 2. The highest BCUT2D eigenvalue weighted by Gasteiger charge is 2.33. The van der Waals surface area contributed by atoms with Crippen molar-refractivity contribution >= 4 is 27.3 Å². The predicted molar refractivity (Wildman–Crippen MR) is 118 cm³/mol. The first-order valence-corrected chi connectivity index (χ1v) is 11.7. The second-order valence-corrected chi connectivity index (χ2v) is 10.1. The number of amides is 1. The lowest BCUT2D eigenvalue weighted by molar-refractivity contribution is -0.385. The summed E-state index contributed by atoms with van der Waals surface area (Å²) in [5.41, 5.74) is 2.06. The van der Waals surface area contributed by atoms with Gasteiger partial charge in [0.2, 0.25) is 15.9 Å². The Morgan fingerprint density at radius 2 is 1.84 bits per heavy atom. The average Bonchev–Trinajstić information content (AvgIpc) is 2.74. The Balaban J connectivity index is 1.67. The molecular weight excluding hydrogens is 418 g/mol. The van der Waals surface area contributed by atoms with Crippen LogP contribution in [0.25, 0.3) is 0 Å². The number of carbonyl (C=O) groups excluding carboxylic acids is 1. The van der Waals surface area contributed by atoms with Gasteiger partial charge in [-0.2, -0.15) is 4.31 Å². The fraction of sp³-hybridized carbons (Fsp3) is 0.409. The molecule has 1 aliphatic rings. The van der Waals surface area contributed by atoms with Gasteiger partial charge in [-0.05, 0) is 48.9 Å². The number of hydrogen-bond acceptors (Lipinski definition) is 5. The third kappa shape index (κ3) is 5.11. The highest BCUT2D eigenvalue weighted by molar-refractivity contribution is 7.89. The van der Waals surface area contributed by atoms with Crippen LogP contribution in [0.4, 0.5) is 11.4 Å². The number of aryl methyl sites for hydroxylation is 1. The van der Waals surface area contributed by atoms with E-state index in [2.05, 4.69) is 19.2 Å². The van der Waals surface area contributed by atoms with Crippen molar-refractivity contribution in [3.8, 4) is 0 Å². The normalized spacial score (nSPS) is 15.7. The highest BCUT2D eigenvalue weighted by atomic mass is 32.2. The van der Waals surface area contributed by atoms with E-state index in [1.807, 2.05) is 24.3 Å². The average molecular weight is 446 g/mol. The third-order valence-electron chi connectivity index (χ3n) is 5.65. The summed E-state index contributed by atoms with van der Waals surface area (Å²) in [6.45, 7) is 6.16. The van der Waals surface area contributed by atoms with Gasteiger partial charge in [0, 0.05) is 36.8 Å². The first-order valence-electron chi connectivity index (χ1n) is 10.3. The Labute approximate surface area is 182 Å². The van der Waals surface area contributed by atoms with Crippen LogP contribution < -0.4 is 5.32 Å². The smallest absolute Gasteiger partial charge is 0.270 e. The zero-order valence-corrected chi connectivity index (χ0v) is 18.7. The molecule has 1 saturated heterocycles. The van der Waals surface area contributed by atoms with Gasteiger partial charge in [-0.1, -0.05) is 32.0 Å². The molecule has 166 valence electrons. The standard InChI is InChI=1S/C22H27N3O5S/c1-15(2)18-5-4-6-19(13-18)23-22(26)17-9-11-24(12-10-17)31(29,30)21-14-20(25(27)28)8-7-16(21)3/h4-8,13-15,17H,9-12H2,1-3H3,(H,23,26). The molecule has 0 bridgehead atoms. The molecule has 0 saturated carbocycles. The fourth-order valence-corrected chi connectivity index (χ4v) is 5.41. The van der Waals surface area contributed by atoms with E-state index < -0.39 is 14.9 Å². The molecule has 0 unspecified atom stereocenters. The molecule has 0 atom stereocenters. The molecule has 9 heteroatoms. The summed E-state index contributed by atoms with van der Waals surface area (Å²) in [5.74, 6) is -0.0626. The van der Waals surface area contributed by atoms with Gasteiger partial charge in [0.1, 0.15) is 0 Å². The maximum Gasteiger partial charge on any atom is 0.270 e. The quantitative estimate of drug-likeness (QED) is 0.532. The number of non-ortho nitro benzene ring substituents is 1. The molecule has 2 aromatic rings. The molecule has 8 nitrogen and oxygen atoms in total. The van der Waals surface area contributed by atoms with Crippen LogP contribution in [0.2, 0.25) is 0 Å². The van der Waals surface area contributed by atoms with Gasteiger partial charge in [0.05, 0.1) is 9.82 Å². The molecule has 0 aromatic heterocycles. The number of hydrogen-bond donors (Lipinski definition) is 1. The zero-order chi connectivity index (χ0) is 22.8. The molecule has 1 aliphatic heterocycles. The number of carbonyl (C=O) groups is 1. The highest BCUT2D eigenvalue weighted by Crippen LogP contribution is 2.29. The molecule has 2 aromatic carbocycles. The summed E-state index contributed by atoms with van der Waals surface area (Å²) in [7, 11) is -3.87. The van der Waals surface area contributed by atoms with Crippen molar-refractivity contribution in [1.82, 2.24) is 4.31 Å². The van der Waals surface area contributed by atoms with Crippen LogP contribution in [0.15, 0.2) is 47.4 Å². The van der Waals surface area contributed by atoms with Crippen molar-refractivity contribution in [2.24, 2.45) is 5.92 Å². The first-order chi connectivity index (χ1) is 14.6. The maximum absolute atomic E-state index is 13.1. The van der Waals surface area contributed by atoms with Gasteiger partial charge in [-0.25, -0.2) is 8.42 Å². The van der Waals surface area contributed by atoms with E-state index in [9.17, 15) is 23.3 Å². The SMILES string of the molecule is Cc1ccc([N+](=O)[O-])cc1S(=O)(=O)N1CCC(C(=O)Nc2cccc(C(C)C)c2)CC1. The Morgan fingerprint density at radius 1 is 1.16 bits per heavy atom. The van der Waals surface area contributed by atoms with Crippen LogP contribution in [0.3, 0.4) is 0 Å². The molecule has 0 radical (unpaired) electrons. The summed E-state index contributed by atoms with van der Waals surface area (Å²) in [5, 5.41) is 14.0. The van der Waals surface area contributed by atoms with E-state index in [1.54, 1.807) is 6.92 Å². The molecule has 1 amide bonds. The van der Waals surface area contributed by atoms with Crippen molar-refractivity contribution < 1.29 is 18.1 Å². The van der Waals surface area contributed by atoms with Gasteiger partial charge in [0.25, 0.3) is 5.69 Å². The Bertz CT molecular complexity index is 1090. The monoisotopic (exact) mass is 445 g/mol. The molecule has 0 aliphatic carbocycles. The van der Waals surface area contributed by atoms with Crippen molar-refractivity contribution in [1.29, 1.82) is 0 Å². The summed E-state index contributed by atoms with van der Waals surface area (Å²) < 4.78 is 27.4. The molecular formula is C22H27N3O5S. The minimum absolute atomic E-state index is 0.0601. The number of nitro benzene ring substituents is 1. The van der Waals surface area contributed by atoms with Crippen LogP contribution in [-0.4, -0.2) is 36.6 Å². The first kappa shape index (κ1) is 22.9. The van der Waals surface area contributed by atoms with Gasteiger partial charge < -0.3 is 5.32 Å². The molecule has 1 fully saturated rings. The summed E-state index contributed by atoms with van der Waals surface area (Å²) >= 11 is 0. The van der Waals surface area contributed by atoms with Crippen molar-refractivity contribution in [3.63, 3.8) is 0 Å². The summed E-state index contributed by atoms with van der Waals surface area (Å²) in [4.78, 5) is 23.1. The number of nitrogens with one attached hydrogen (secondary N) is 1. The number of sulfonamides is 1. The van der Waals surface area contributed by atoms with Gasteiger partial charge in [-0.3, -0.25) is 14.9 Å². The van der Waals surface area contributed by atoms with Crippen molar-refractivity contribution in [3.05, 3.63) is 63.7 Å². The fourth-order valence-electron chi connectivity index (χ4n) is 3.70. The Hall–Kier alpha value is -2.78. The van der Waals surface area contributed by atoms with E-state index in [4.69, 9.17) is 0 Å². The number of rotatable bonds is 6. The summed E-state index contributed by atoms with van der Waals surface area (Å²) in [6.07, 6.45) is 0.784. The van der Waals surface area contributed by atoms with Crippen LogP contribution >= 0.6 is 0 Å². The number of benzene rings is 2. The van der Waals surface area contributed by atoms with E-state index in [-0.39, 0.29) is 35.5 Å². The third-order valence-corrected chi connectivity index (χ3v) is 7.69. The largest absolute Gasteiger partial charge is 0.326 e. The van der Waals surface area contributed by atoms with Crippen LogP contribution in [0, 0.1) is 23.0 Å². The topological polar surface area (TPSA) is 110 Å². The van der Waals surface area contributed by atoms with E-state index in [1.165, 1.54) is 16.4 Å². The van der Waals surface area contributed by atoms with E-state index in [0.717, 1.165) is 17.3 Å². The van der Waals surface area contributed by atoms with Crippen molar-refractivity contribution in [2.75, 3.05) is 18.4 Å². The number of anilines is 1. The second-order valence-electron chi connectivity index (χ2n) is 8.15. The van der Waals surface area contributed by atoms with Crippen LogP contribution in [0.1, 0.15) is 43.7 Å². The summed E-state index contributed by atoms with van der Waals surface area (Å²) in [6, 6.07) is 11.5. The maximum atomic E-state index is 13.1. The van der Waals surface area contributed by atoms with Crippen LogP contribution in [0.5, 0.6) is 0 Å². The number of nitro groups is 1. The van der Waals surface area contributed by atoms with Gasteiger partial charge >= 0.3 is 0 Å². The lowest BCUT2D eigenvalue weighted by atomic mass is 9.97. The molecule has 3 rings (SSSR count). The predicted octanol–water partition coefficient (Wildman–Crippen LogP) is 4.07. The van der Waals surface area contributed by atoms with E-state index in [0.29, 0.717) is 24.3 Å². The zero-order valence-electron chi connectivity index (χ0n) is 17.9. The molecule has 1 heterocycles. The van der Waals surface area contributed by atoms with Crippen LogP contribution in [-0.2, 0) is 14.8 Å². The Morgan fingerprint density at radius 3 is 2.45 bits per heavy atom. The molecule has 1 N–H and O–H groups in total. The Kier molecular flexibility index (Phi) is 6.76. The van der Waals surface area contributed by atoms with Gasteiger partial charge in [0.15, 0.2) is 0 Å². The lowest BCUT2D eigenvalue weighted by Gasteiger charge is -2.31. The lowest BCUT2D eigenvalue weighted by Crippen LogP contribution is -2.41. The van der Waals surface area contributed by atoms with Gasteiger partial charge in [-0.15, -0.1) is 0 Å². The molecule has 31 heavy (non-hydrogen) atoms. The minimum atomic E-state index is -3.87. The number of piperidine rings is 1. The molecule has 0 spiro atoms. The van der Waals surface area contributed by atoms with Crippen molar-refractivity contribution in [2.45, 2.75) is 44.4 Å².